The maximum Gasteiger partial charge on any atom is 0.252 e. The summed E-state index contributed by atoms with van der Waals surface area (Å²) >= 11 is 1.24. The van der Waals surface area contributed by atoms with E-state index in [0.29, 0.717) is 36.9 Å². The van der Waals surface area contributed by atoms with Gasteiger partial charge in [0.2, 0.25) is 0 Å². The lowest BCUT2D eigenvalue weighted by Gasteiger charge is -2.34. The normalized spacial score (nSPS) is 17.7. The molecule has 0 saturated carbocycles. The lowest BCUT2D eigenvalue weighted by molar-refractivity contribution is 0.0569. The van der Waals surface area contributed by atoms with E-state index >= 15 is 0 Å². The van der Waals surface area contributed by atoms with Crippen LogP contribution in [0.4, 0.5) is 0 Å². The summed E-state index contributed by atoms with van der Waals surface area (Å²) in [6, 6.07) is 11.3. The summed E-state index contributed by atoms with van der Waals surface area (Å²) in [5, 5.41) is 12.0. The third kappa shape index (κ3) is 5.30. The summed E-state index contributed by atoms with van der Waals surface area (Å²) in [6.07, 6.45) is 0.369. The molecule has 0 amide bonds. The summed E-state index contributed by atoms with van der Waals surface area (Å²) in [5.74, 6) is 0.748. The third-order valence-electron chi connectivity index (χ3n) is 4.66. The van der Waals surface area contributed by atoms with Gasteiger partial charge in [-0.1, -0.05) is 25.1 Å². The van der Waals surface area contributed by atoms with Crippen molar-refractivity contribution in [1.29, 1.82) is 0 Å². The highest BCUT2D eigenvalue weighted by Crippen LogP contribution is 2.22. The first-order valence-corrected chi connectivity index (χ1v) is 11.5. The van der Waals surface area contributed by atoms with Gasteiger partial charge in [-0.2, -0.15) is 4.31 Å². The number of β-amino-alcohol motifs (C(OH)–C–C–N with tert-alkyl or cyclic N) is 1. The number of ether oxygens (including phenoxy) is 1. The molecule has 8 heteroatoms. The molecular weight excluding hydrogens is 384 g/mol. The molecule has 1 aromatic heterocycles. The number of piperazine rings is 1. The number of aliphatic hydroxyl groups excluding tert-OH is 1. The van der Waals surface area contributed by atoms with E-state index in [0.717, 1.165) is 12.2 Å². The van der Waals surface area contributed by atoms with Crippen LogP contribution in [0.25, 0.3) is 0 Å². The first kappa shape index (κ1) is 20.3. The van der Waals surface area contributed by atoms with Crippen LogP contribution in [0.2, 0.25) is 0 Å². The molecule has 0 bridgehead atoms. The Kier molecular flexibility index (Phi) is 6.88. The van der Waals surface area contributed by atoms with Gasteiger partial charge in [0.15, 0.2) is 0 Å². The van der Waals surface area contributed by atoms with E-state index in [9.17, 15) is 13.5 Å². The summed E-state index contributed by atoms with van der Waals surface area (Å²) in [6.45, 7) is 4.88. The van der Waals surface area contributed by atoms with Crippen LogP contribution in [0.5, 0.6) is 5.75 Å². The van der Waals surface area contributed by atoms with Crippen molar-refractivity contribution in [3.8, 4) is 5.75 Å². The molecule has 1 fully saturated rings. The van der Waals surface area contributed by atoms with Gasteiger partial charge in [-0.05, 0) is 35.6 Å². The van der Waals surface area contributed by atoms with Gasteiger partial charge >= 0.3 is 0 Å². The lowest BCUT2D eigenvalue weighted by atomic mass is 10.2. The minimum absolute atomic E-state index is 0.221. The van der Waals surface area contributed by atoms with Crippen LogP contribution < -0.4 is 4.74 Å². The largest absolute Gasteiger partial charge is 0.491 e. The van der Waals surface area contributed by atoms with Gasteiger partial charge in [0, 0.05) is 32.7 Å². The van der Waals surface area contributed by atoms with Crippen molar-refractivity contribution in [1.82, 2.24) is 9.21 Å². The number of thiophene rings is 1. The third-order valence-corrected chi connectivity index (χ3v) is 7.94. The zero-order valence-corrected chi connectivity index (χ0v) is 17.1. The first-order valence-electron chi connectivity index (χ1n) is 9.15. The minimum Gasteiger partial charge on any atom is -0.491 e. The van der Waals surface area contributed by atoms with Crippen molar-refractivity contribution in [3.63, 3.8) is 0 Å². The number of aryl methyl sites for hydroxylation is 1. The summed E-state index contributed by atoms with van der Waals surface area (Å²) in [4.78, 5) is 2.08. The van der Waals surface area contributed by atoms with E-state index in [1.807, 2.05) is 24.3 Å². The molecule has 1 atom stereocenters. The zero-order chi connectivity index (χ0) is 19.3. The minimum atomic E-state index is -3.38. The fraction of sp³-hybridized carbons (Fsp3) is 0.474. The Morgan fingerprint density at radius 2 is 1.85 bits per heavy atom. The van der Waals surface area contributed by atoms with Crippen molar-refractivity contribution in [3.05, 3.63) is 47.3 Å². The van der Waals surface area contributed by atoms with E-state index in [4.69, 9.17) is 4.74 Å². The fourth-order valence-corrected chi connectivity index (χ4v) is 5.62. The van der Waals surface area contributed by atoms with Gasteiger partial charge in [0.25, 0.3) is 10.0 Å². The molecule has 1 N–H and O–H groups in total. The summed E-state index contributed by atoms with van der Waals surface area (Å²) in [7, 11) is -3.38. The fourth-order valence-electron chi connectivity index (χ4n) is 3.05. The molecule has 2 heterocycles. The first-order chi connectivity index (χ1) is 13.0. The Bertz CT molecular complexity index is 799. The quantitative estimate of drug-likeness (QED) is 0.721. The second-order valence-electron chi connectivity index (χ2n) is 6.60. The number of nitrogens with zero attached hydrogens (tertiary/aromatic N) is 2. The molecule has 0 spiro atoms. The maximum absolute atomic E-state index is 12.5. The van der Waals surface area contributed by atoms with Crippen molar-refractivity contribution in [2.24, 2.45) is 0 Å². The molecule has 1 aliphatic heterocycles. The van der Waals surface area contributed by atoms with Crippen molar-refractivity contribution in [2.45, 2.75) is 23.7 Å². The molecule has 1 unspecified atom stereocenters. The van der Waals surface area contributed by atoms with Crippen LogP contribution in [0.15, 0.2) is 46.0 Å². The van der Waals surface area contributed by atoms with Crippen LogP contribution >= 0.6 is 11.3 Å². The Morgan fingerprint density at radius 3 is 2.44 bits per heavy atom. The molecule has 3 rings (SSSR count). The van der Waals surface area contributed by atoms with Gasteiger partial charge in [0.1, 0.15) is 22.7 Å². The molecule has 1 saturated heterocycles. The van der Waals surface area contributed by atoms with Crippen LogP contribution in [0, 0.1) is 0 Å². The number of benzene rings is 1. The molecule has 27 heavy (non-hydrogen) atoms. The van der Waals surface area contributed by atoms with Gasteiger partial charge in [-0.25, -0.2) is 8.42 Å². The van der Waals surface area contributed by atoms with Gasteiger partial charge in [-0.15, -0.1) is 11.3 Å². The highest BCUT2D eigenvalue weighted by molar-refractivity contribution is 7.91. The highest BCUT2D eigenvalue weighted by Gasteiger charge is 2.29. The van der Waals surface area contributed by atoms with Gasteiger partial charge in [0.05, 0.1) is 0 Å². The van der Waals surface area contributed by atoms with Gasteiger partial charge < -0.3 is 9.84 Å². The predicted molar refractivity (Wildman–Crippen MR) is 107 cm³/mol. The molecule has 1 aromatic carbocycles. The number of sulfonamides is 1. The van der Waals surface area contributed by atoms with Crippen LogP contribution in [0.3, 0.4) is 0 Å². The van der Waals surface area contributed by atoms with E-state index in [1.165, 1.54) is 21.2 Å². The smallest absolute Gasteiger partial charge is 0.252 e. The van der Waals surface area contributed by atoms with Crippen molar-refractivity contribution in [2.75, 3.05) is 39.3 Å². The zero-order valence-electron chi connectivity index (χ0n) is 15.5. The molecule has 2 aromatic rings. The Labute approximate surface area is 165 Å². The van der Waals surface area contributed by atoms with E-state index in [-0.39, 0.29) is 6.61 Å². The van der Waals surface area contributed by atoms with E-state index < -0.39 is 16.1 Å². The SMILES string of the molecule is CCc1ccc(OCC(O)CN2CCN(S(=O)(=O)c3cccs3)CC2)cc1. The predicted octanol–water partition coefficient (Wildman–Crippen LogP) is 2.06. The topological polar surface area (TPSA) is 70.1 Å². The Balaban J connectivity index is 1.43. The molecule has 148 valence electrons. The molecule has 0 radical (unpaired) electrons. The van der Waals surface area contributed by atoms with Crippen molar-refractivity contribution < 1.29 is 18.3 Å². The lowest BCUT2D eigenvalue weighted by Crippen LogP contribution is -2.50. The molecule has 1 aliphatic rings. The van der Waals surface area contributed by atoms with Gasteiger partial charge in [-0.3, -0.25) is 4.90 Å². The average molecular weight is 411 g/mol. The average Bonchev–Trinajstić information content (AvgIpc) is 3.23. The van der Waals surface area contributed by atoms with Crippen molar-refractivity contribution >= 4 is 21.4 Å². The Hall–Kier alpha value is -1.45. The second-order valence-corrected chi connectivity index (χ2v) is 9.71. The standard InChI is InChI=1S/C19H26N2O4S2/c1-2-16-5-7-18(8-6-16)25-15-17(22)14-20-9-11-21(12-10-20)27(23,24)19-4-3-13-26-19/h3-8,13,17,22H,2,9-12,14-15H2,1H3. The van der Waals surface area contributed by atoms with E-state index in [2.05, 4.69) is 11.8 Å². The maximum atomic E-state index is 12.5. The van der Waals surface area contributed by atoms with Crippen LogP contribution in [0.1, 0.15) is 12.5 Å². The molecular formula is C19H26N2O4S2. The monoisotopic (exact) mass is 410 g/mol. The number of aliphatic hydroxyl groups is 1. The van der Waals surface area contributed by atoms with Crippen LogP contribution in [-0.4, -0.2) is 68.2 Å². The highest BCUT2D eigenvalue weighted by atomic mass is 32.2. The Morgan fingerprint density at radius 1 is 1.15 bits per heavy atom. The molecule has 0 aliphatic carbocycles. The number of hydrogen-bond acceptors (Lipinski definition) is 6. The second kappa shape index (κ2) is 9.16. The number of rotatable bonds is 8. The summed E-state index contributed by atoms with van der Waals surface area (Å²) < 4.78 is 32.6. The molecule has 6 nitrogen and oxygen atoms in total. The van der Waals surface area contributed by atoms with Crippen LogP contribution in [-0.2, 0) is 16.4 Å². The number of hydrogen-bond donors (Lipinski definition) is 1. The summed E-state index contributed by atoms with van der Waals surface area (Å²) in [5.41, 5.74) is 1.25. The van der Waals surface area contributed by atoms with E-state index in [1.54, 1.807) is 17.5 Å².